The summed E-state index contributed by atoms with van der Waals surface area (Å²) in [6.07, 6.45) is 0. The molecule has 1 aromatic heterocycles. The number of halogens is 1. The van der Waals surface area contributed by atoms with E-state index in [0.29, 0.717) is 16.4 Å². The minimum Gasteiger partial charge on any atom is -0.369 e. The van der Waals surface area contributed by atoms with E-state index in [9.17, 15) is 0 Å². The standard InChI is InChI=1S/C11H12ClN7/c1-6-9(7-2-4-8(12)5-3-7)16-18-11(15-6)19-17-10(13)14/h2-5H,1H3,(H4,13,14,17)(H,15,18,19). The first-order chi connectivity index (χ1) is 9.06. The fourth-order valence-electron chi connectivity index (χ4n) is 1.44. The molecule has 7 nitrogen and oxygen atoms in total. The monoisotopic (exact) mass is 277 g/mol. The number of nitrogens with two attached hydrogens (primary N) is 2. The van der Waals surface area contributed by atoms with Gasteiger partial charge in [0.05, 0.1) is 5.69 Å². The number of hydrazone groups is 1. The highest BCUT2D eigenvalue weighted by Gasteiger charge is 2.07. The summed E-state index contributed by atoms with van der Waals surface area (Å²) < 4.78 is 0. The number of rotatable bonds is 3. The van der Waals surface area contributed by atoms with Gasteiger partial charge in [0.25, 0.3) is 5.95 Å². The van der Waals surface area contributed by atoms with E-state index in [1.807, 2.05) is 19.1 Å². The summed E-state index contributed by atoms with van der Waals surface area (Å²) in [5.41, 5.74) is 15.1. The normalized spacial score (nSPS) is 10.0. The van der Waals surface area contributed by atoms with E-state index in [1.165, 1.54) is 0 Å². The van der Waals surface area contributed by atoms with Crippen LogP contribution in [-0.4, -0.2) is 21.1 Å². The summed E-state index contributed by atoms with van der Waals surface area (Å²) in [6, 6.07) is 7.27. The molecule has 0 fully saturated rings. The number of hydrogen-bond acceptors (Lipinski definition) is 5. The van der Waals surface area contributed by atoms with Crippen LogP contribution in [-0.2, 0) is 0 Å². The Morgan fingerprint density at radius 3 is 2.47 bits per heavy atom. The van der Waals surface area contributed by atoms with Crippen LogP contribution in [0.5, 0.6) is 0 Å². The highest BCUT2D eigenvalue weighted by molar-refractivity contribution is 6.30. The molecule has 0 aliphatic carbocycles. The van der Waals surface area contributed by atoms with Gasteiger partial charge in [0.2, 0.25) is 5.96 Å². The molecule has 0 saturated carbocycles. The lowest BCUT2D eigenvalue weighted by atomic mass is 10.1. The molecular weight excluding hydrogens is 266 g/mol. The van der Waals surface area contributed by atoms with E-state index in [1.54, 1.807) is 12.1 Å². The maximum absolute atomic E-state index is 5.83. The second-order valence-corrected chi connectivity index (χ2v) is 4.16. The average molecular weight is 278 g/mol. The highest BCUT2D eigenvalue weighted by atomic mass is 35.5. The summed E-state index contributed by atoms with van der Waals surface area (Å²) in [5.74, 6) is 0.117. The number of aryl methyl sites for hydroxylation is 1. The van der Waals surface area contributed by atoms with Crippen LogP contribution < -0.4 is 16.9 Å². The Morgan fingerprint density at radius 2 is 1.89 bits per heavy atom. The molecule has 1 heterocycles. The molecule has 0 aliphatic heterocycles. The van der Waals surface area contributed by atoms with Gasteiger partial charge >= 0.3 is 0 Å². The van der Waals surface area contributed by atoms with E-state index >= 15 is 0 Å². The second kappa shape index (κ2) is 5.49. The minimum absolute atomic E-state index is 0.108. The first kappa shape index (κ1) is 13.0. The lowest BCUT2D eigenvalue weighted by molar-refractivity contribution is 0.941. The summed E-state index contributed by atoms with van der Waals surface area (Å²) in [7, 11) is 0. The second-order valence-electron chi connectivity index (χ2n) is 3.72. The fourth-order valence-corrected chi connectivity index (χ4v) is 1.57. The van der Waals surface area contributed by atoms with E-state index in [4.69, 9.17) is 23.1 Å². The molecule has 2 aromatic rings. The Hall–Kier alpha value is -2.41. The van der Waals surface area contributed by atoms with E-state index < -0.39 is 0 Å². The Bertz CT molecular complexity index is 605. The third-order valence-electron chi connectivity index (χ3n) is 2.26. The van der Waals surface area contributed by atoms with Crippen LogP contribution in [0.3, 0.4) is 0 Å². The molecule has 0 unspecified atom stereocenters. The van der Waals surface area contributed by atoms with Crippen molar-refractivity contribution < 1.29 is 0 Å². The highest BCUT2D eigenvalue weighted by Crippen LogP contribution is 2.21. The first-order valence-corrected chi connectivity index (χ1v) is 5.76. The zero-order valence-corrected chi connectivity index (χ0v) is 10.9. The van der Waals surface area contributed by atoms with Crippen LogP contribution in [0.4, 0.5) is 5.95 Å². The maximum Gasteiger partial charge on any atom is 0.263 e. The molecule has 0 aliphatic rings. The van der Waals surface area contributed by atoms with Gasteiger partial charge in [-0.05, 0) is 19.1 Å². The molecule has 0 atom stereocenters. The molecule has 1 aromatic carbocycles. The van der Waals surface area contributed by atoms with Crippen LogP contribution >= 0.6 is 11.6 Å². The molecule has 0 saturated heterocycles. The van der Waals surface area contributed by atoms with Gasteiger partial charge in [0, 0.05) is 10.6 Å². The molecule has 0 amide bonds. The van der Waals surface area contributed by atoms with Crippen molar-refractivity contribution in [1.82, 2.24) is 15.2 Å². The number of guanidine groups is 1. The van der Waals surface area contributed by atoms with Gasteiger partial charge in [-0.1, -0.05) is 23.7 Å². The van der Waals surface area contributed by atoms with Gasteiger partial charge < -0.3 is 11.5 Å². The van der Waals surface area contributed by atoms with Gasteiger partial charge in [0.1, 0.15) is 5.69 Å². The quantitative estimate of drug-likeness (QED) is 0.440. The number of benzene rings is 1. The van der Waals surface area contributed by atoms with Gasteiger partial charge in [-0.2, -0.15) is 0 Å². The minimum atomic E-state index is -0.108. The molecular formula is C11H12ClN7. The van der Waals surface area contributed by atoms with Crippen molar-refractivity contribution in [3.63, 3.8) is 0 Å². The number of anilines is 1. The van der Waals surface area contributed by atoms with Crippen LogP contribution in [0.1, 0.15) is 5.69 Å². The summed E-state index contributed by atoms with van der Waals surface area (Å²) in [6.45, 7) is 1.82. The molecule has 8 heteroatoms. The lowest BCUT2D eigenvalue weighted by Gasteiger charge is -2.05. The van der Waals surface area contributed by atoms with Crippen molar-refractivity contribution in [1.29, 1.82) is 0 Å². The zero-order valence-electron chi connectivity index (χ0n) is 10.1. The SMILES string of the molecule is Cc1nc(NN=C(N)N)nnc1-c1ccc(Cl)cc1. The summed E-state index contributed by atoms with van der Waals surface area (Å²) in [5, 5.41) is 12.2. The Kier molecular flexibility index (Phi) is 3.76. The van der Waals surface area contributed by atoms with E-state index in [0.717, 1.165) is 5.56 Å². The molecule has 2 rings (SSSR count). The molecule has 5 N–H and O–H groups in total. The number of hydrogen-bond donors (Lipinski definition) is 3. The predicted octanol–water partition coefficient (Wildman–Crippen LogP) is 1.10. The van der Waals surface area contributed by atoms with Crippen molar-refractivity contribution in [3.8, 4) is 11.3 Å². The Balaban J connectivity index is 2.29. The van der Waals surface area contributed by atoms with Crippen LogP contribution in [0.15, 0.2) is 29.4 Å². The Morgan fingerprint density at radius 1 is 1.21 bits per heavy atom. The van der Waals surface area contributed by atoms with Crippen molar-refractivity contribution in [2.75, 3.05) is 5.43 Å². The largest absolute Gasteiger partial charge is 0.369 e. The fraction of sp³-hybridized carbons (Fsp3) is 0.0909. The van der Waals surface area contributed by atoms with Gasteiger partial charge in [-0.15, -0.1) is 15.3 Å². The number of nitrogens with zero attached hydrogens (tertiary/aromatic N) is 4. The summed E-state index contributed by atoms with van der Waals surface area (Å²) in [4.78, 5) is 4.21. The third-order valence-corrected chi connectivity index (χ3v) is 2.52. The first-order valence-electron chi connectivity index (χ1n) is 5.38. The molecule has 0 bridgehead atoms. The topological polar surface area (TPSA) is 115 Å². The summed E-state index contributed by atoms with van der Waals surface area (Å²) >= 11 is 5.83. The van der Waals surface area contributed by atoms with Gasteiger partial charge in [0.15, 0.2) is 0 Å². The molecule has 0 spiro atoms. The van der Waals surface area contributed by atoms with E-state index in [2.05, 4.69) is 25.7 Å². The zero-order chi connectivity index (χ0) is 13.8. The molecule has 98 valence electrons. The third kappa shape index (κ3) is 3.29. The van der Waals surface area contributed by atoms with E-state index in [-0.39, 0.29) is 11.9 Å². The van der Waals surface area contributed by atoms with Crippen LogP contribution in [0.25, 0.3) is 11.3 Å². The van der Waals surface area contributed by atoms with Gasteiger partial charge in [-0.3, -0.25) is 0 Å². The van der Waals surface area contributed by atoms with Crippen LogP contribution in [0.2, 0.25) is 5.02 Å². The van der Waals surface area contributed by atoms with Crippen molar-refractivity contribution in [2.24, 2.45) is 16.6 Å². The van der Waals surface area contributed by atoms with Gasteiger partial charge in [-0.25, -0.2) is 10.4 Å². The molecule has 0 radical (unpaired) electrons. The molecule has 19 heavy (non-hydrogen) atoms. The Labute approximate surface area is 114 Å². The van der Waals surface area contributed by atoms with Crippen molar-refractivity contribution in [3.05, 3.63) is 35.0 Å². The lowest BCUT2D eigenvalue weighted by Crippen LogP contribution is -2.24. The van der Waals surface area contributed by atoms with Crippen molar-refractivity contribution in [2.45, 2.75) is 6.92 Å². The van der Waals surface area contributed by atoms with Crippen molar-refractivity contribution >= 4 is 23.5 Å². The van der Waals surface area contributed by atoms with Crippen LogP contribution in [0, 0.1) is 6.92 Å². The number of nitrogens with one attached hydrogen (secondary N) is 1. The average Bonchev–Trinajstić information content (AvgIpc) is 2.38. The predicted molar refractivity (Wildman–Crippen MR) is 74.4 cm³/mol. The maximum atomic E-state index is 5.83. The smallest absolute Gasteiger partial charge is 0.263 e. The number of aromatic nitrogens is 3.